The average molecular weight is 405 g/mol. The summed E-state index contributed by atoms with van der Waals surface area (Å²) in [5, 5.41) is 2.69. The summed E-state index contributed by atoms with van der Waals surface area (Å²) in [5.74, 6) is 0.663. The van der Waals surface area contributed by atoms with Crippen molar-refractivity contribution in [3.05, 3.63) is 59.7 Å². The Morgan fingerprint density at radius 1 is 1.00 bits per heavy atom. The third-order valence-electron chi connectivity index (χ3n) is 4.26. The first-order chi connectivity index (χ1) is 13.2. The van der Waals surface area contributed by atoms with Crippen molar-refractivity contribution < 1.29 is 17.9 Å². The summed E-state index contributed by atoms with van der Waals surface area (Å²) in [4.78, 5) is 12.4. The van der Waals surface area contributed by atoms with Crippen molar-refractivity contribution in [1.29, 1.82) is 0 Å². The van der Waals surface area contributed by atoms with Crippen LogP contribution in [0.5, 0.6) is 5.75 Å². The van der Waals surface area contributed by atoms with Gasteiger partial charge in [-0.25, -0.2) is 13.1 Å². The molecular formula is C21H28N2O4S. The van der Waals surface area contributed by atoms with Crippen LogP contribution in [0.1, 0.15) is 37.8 Å². The predicted molar refractivity (Wildman–Crippen MR) is 110 cm³/mol. The van der Waals surface area contributed by atoms with Crippen LogP contribution in [0, 0.1) is 6.92 Å². The minimum absolute atomic E-state index is 0.0945. The van der Waals surface area contributed by atoms with Crippen LogP contribution in [0.2, 0.25) is 0 Å². The zero-order chi connectivity index (χ0) is 20.7. The first kappa shape index (κ1) is 21.9. The lowest BCUT2D eigenvalue weighted by molar-refractivity contribution is -0.127. The summed E-state index contributed by atoms with van der Waals surface area (Å²) in [6.07, 6.45) is -0.686. The number of hydrogen-bond donors (Lipinski definition) is 2. The molecule has 7 heteroatoms. The fraction of sp³-hybridized carbons (Fsp3) is 0.381. The van der Waals surface area contributed by atoms with E-state index in [0.717, 1.165) is 11.1 Å². The van der Waals surface area contributed by atoms with Gasteiger partial charge in [0.25, 0.3) is 5.91 Å². The Morgan fingerprint density at radius 3 is 2.29 bits per heavy atom. The van der Waals surface area contributed by atoms with Gasteiger partial charge in [-0.05, 0) is 43.5 Å². The standard InChI is InChI=1S/C21H28N2O4S/c1-15(2)19-7-5-6-8-20(19)27-17(4)21(24)22-13-14-23-28(25,26)18-11-9-16(3)10-12-18/h5-12,15,17,23H,13-14H2,1-4H3,(H,22,24). The molecule has 0 radical (unpaired) electrons. The lowest BCUT2D eigenvalue weighted by atomic mass is 10.0. The van der Waals surface area contributed by atoms with Crippen LogP contribution >= 0.6 is 0 Å². The van der Waals surface area contributed by atoms with Crippen LogP contribution in [0.15, 0.2) is 53.4 Å². The van der Waals surface area contributed by atoms with Gasteiger partial charge in [0.15, 0.2) is 6.10 Å². The number of para-hydroxylation sites is 1. The maximum Gasteiger partial charge on any atom is 0.260 e. The molecular weight excluding hydrogens is 376 g/mol. The van der Waals surface area contributed by atoms with E-state index in [0.29, 0.717) is 5.75 Å². The number of aryl methyl sites for hydroxylation is 1. The predicted octanol–water partition coefficient (Wildman–Crippen LogP) is 2.98. The zero-order valence-corrected chi connectivity index (χ0v) is 17.5. The molecule has 152 valence electrons. The number of sulfonamides is 1. The molecule has 0 fully saturated rings. The summed E-state index contributed by atoms with van der Waals surface area (Å²) < 4.78 is 32.7. The van der Waals surface area contributed by atoms with Crippen molar-refractivity contribution in [3.63, 3.8) is 0 Å². The lowest BCUT2D eigenvalue weighted by Crippen LogP contribution is -2.40. The van der Waals surface area contributed by atoms with E-state index in [2.05, 4.69) is 23.9 Å². The number of amides is 1. The highest BCUT2D eigenvalue weighted by atomic mass is 32.2. The monoisotopic (exact) mass is 404 g/mol. The molecule has 0 aromatic heterocycles. The van der Waals surface area contributed by atoms with E-state index >= 15 is 0 Å². The van der Waals surface area contributed by atoms with E-state index in [-0.39, 0.29) is 29.8 Å². The largest absolute Gasteiger partial charge is 0.481 e. The van der Waals surface area contributed by atoms with Crippen molar-refractivity contribution >= 4 is 15.9 Å². The maximum absolute atomic E-state index is 12.2. The van der Waals surface area contributed by atoms with E-state index in [4.69, 9.17) is 4.74 Å². The van der Waals surface area contributed by atoms with Gasteiger partial charge >= 0.3 is 0 Å². The summed E-state index contributed by atoms with van der Waals surface area (Å²) in [5.41, 5.74) is 2.02. The van der Waals surface area contributed by atoms with Crippen LogP contribution in [-0.4, -0.2) is 33.5 Å². The van der Waals surface area contributed by atoms with Crippen molar-refractivity contribution in [3.8, 4) is 5.75 Å². The molecule has 1 unspecified atom stereocenters. The highest BCUT2D eigenvalue weighted by Gasteiger charge is 2.17. The van der Waals surface area contributed by atoms with Crippen molar-refractivity contribution in [2.24, 2.45) is 0 Å². The number of hydrogen-bond acceptors (Lipinski definition) is 4. The van der Waals surface area contributed by atoms with Crippen molar-refractivity contribution in [2.75, 3.05) is 13.1 Å². The number of ether oxygens (including phenoxy) is 1. The van der Waals surface area contributed by atoms with E-state index in [1.54, 1.807) is 31.2 Å². The van der Waals surface area contributed by atoms with E-state index in [9.17, 15) is 13.2 Å². The molecule has 0 aliphatic carbocycles. The molecule has 2 N–H and O–H groups in total. The first-order valence-corrected chi connectivity index (χ1v) is 10.8. The summed E-state index contributed by atoms with van der Waals surface area (Å²) in [6.45, 7) is 7.95. The normalized spacial score (nSPS) is 12.6. The van der Waals surface area contributed by atoms with Gasteiger partial charge in [0.1, 0.15) is 5.75 Å². The van der Waals surface area contributed by atoms with E-state index in [1.807, 2.05) is 31.2 Å². The molecule has 0 aliphatic rings. The second kappa shape index (κ2) is 9.71. The highest BCUT2D eigenvalue weighted by molar-refractivity contribution is 7.89. The number of rotatable bonds is 9. The molecule has 28 heavy (non-hydrogen) atoms. The fourth-order valence-electron chi connectivity index (χ4n) is 2.62. The minimum atomic E-state index is -3.59. The second-order valence-corrected chi connectivity index (χ2v) is 8.72. The van der Waals surface area contributed by atoms with Gasteiger partial charge < -0.3 is 10.1 Å². The Hall–Kier alpha value is -2.38. The summed E-state index contributed by atoms with van der Waals surface area (Å²) in [7, 11) is -3.59. The van der Waals surface area contributed by atoms with Crippen LogP contribution in [-0.2, 0) is 14.8 Å². The molecule has 0 spiro atoms. The zero-order valence-electron chi connectivity index (χ0n) is 16.7. The Labute approximate surface area is 167 Å². The second-order valence-electron chi connectivity index (χ2n) is 6.95. The van der Waals surface area contributed by atoms with Crippen molar-refractivity contribution in [2.45, 2.75) is 44.6 Å². The van der Waals surface area contributed by atoms with Gasteiger partial charge in [0.05, 0.1) is 4.90 Å². The first-order valence-electron chi connectivity index (χ1n) is 9.30. The number of carbonyl (C=O) groups excluding carboxylic acids is 1. The van der Waals surface area contributed by atoms with Crippen LogP contribution in [0.4, 0.5) is 0 Å². The van der Waals surface area contributed by atoms with Crippen LogP contribution < -0.4 is 14.8 Å². The average Bonchev–Trinajstić information content (AvgIpc) is 2.65. The maximum atomic E-state index is 12.2. The highest BCUT2D eigenvalue weighted by Crippen LogP contribution is 2.26. The van der Waals surface area contributed by atoms with E-state index < -0.39 is 16.1 Å². The van der Waals surface area contributed by atoms with Crippen LogP contribution in [0.25, 0.3) is 0 Å². The lowest BCUT2D eigenvalue weighted by Gasteiger charge is -2.18. The van der Waals surface area contributed by atoms with Crippen LogP contribution in [0.3, 0.4) is 0 Å². The van der Waals surface area contributed by atoms with Gasteiger partial charge in [0, 0.05) is 13.1 Å². The molecule has 0 saturated carbocycles. The Bertz CT molecular complexity index is 893. The van der Waals surface area contributed by atoms with Crippen molar-refractivity contribution in [1.82, 2.24) is 10.0 Å². The molecule has 1 atom stereocenters. The summed E-state index contributed by atoms with van der Waals surface area (Å²) in [6, 6.07) is 14.2. The molecule has 0 aliphatic heterocycles. The minimum Gasteiger partial charge on any atom is -0.481 e. The molecule has 1 amide bonds. The molecule has 0 bridgehead atoms. The Balaban J connectivity index is 1.83. The number of nitrogens with one attached hydrogen (secondary N) is 2. The SMILES string of the molecule is Cc1ccc(S(=O)(=O)NCCNC(=O)C(C)Oc2ccccc2C(C)C)cc1. The van der Waals surface area contributed by atoms with Gasteiger partial charge in [-0.15, -0.1) is 0 Å². The molecule has 0 heterocycles. The molecule has 2 aromatic rings. The Kier molecular flexibility index (Phi) is 7.60. The fourth-order valence-corrected chi connectivity index (χ4v) is 3.66. The number of carbonyl (C=O) groups is 1. The molecule has 6 nitrogen and oxygen atoms in total. The third-order valence-corrected chi connectivity index (χ3v) is 5.74. The Morgan fingerprint density at radius 2 is 1.64 bits per heavy atom. The topological polar surface area (TPSA) is 84.5 Å². The van der Waals surface area contributed by atoms with Gasteiger partial charge in [0.2, 0.25) is 10.0 Å². The summed E-state index contributed by atoms with van der Waals surface area (Å²) >= 11 is 0. The van der Waals surface area contributed by atoms with Gasteiger partial charge in [-0.2, -0.15) is 0 Å². The molecule has 0 saturated heterocycles. The smallest absolute Gasteiger partial charge is 0.260 e. The third kappa shape index (κ3) is 6.07. The molecule has 2 rings (SSSR count). The van der Waals surface area contributed by atoms with Gasteiger partial charge in [-0.3, -0.25) is 4.79 Å². The molecule has 2 aromatic carbocycles. The van der Waals surface area contributed by atoms with E-state index in [1.165, 1.54) is 0 Å². The number of benzene rings is 2. The quantitative estimate of drug-likeness (QED) is 0.629. The van der Waals surface area contributed by atoms with Gasteiger partial charge in [-0.1, -0.05) is 49.7 Å².